The highest BCUT2D eigenvalue weighted by Crippen LogP contribution is 2.33. The molecule has 0 radical (unpaired) electrons. The van der Waals surface area contributed by atoms with Gasteiger partial charge in [-0.1, -0.05) is 6.07 Å². The Hall–Kier alpha value is -4.08. The Balaban J connectivity index is 1.32. The topological polar surface area (TPSA) is 176 Å². The molecule has 0 saturated carbocycles. The Kier molecular flexibility index (Phi) is 12.6. The van der Waals surface area contributed by atoms with E-state index in [1.54, 1.807) is 53.7 Å². The fraction of sp³-hybridized carbons (Fsp3) is 0.613. The van der Waals surface area contributed by atoms with Crippen molar-refractivity contribution >= 4 is 35.8 Å². The SMILES string of the molecule is CC(C)(C)OC(=O)N(CCOCCOCCOCCOc1cccc2c1C(=O)N(C1CCC(=O)NC1=O)C2=O)C(=O)OC(C)(C)C. The molecule has 254 valence electrons. The quantitative estimate of drug-likeness (QED) is 0.231. The number of nitrogens with one attached hydrogen (secondary N) is 1. The van der Waals surface area contributed by atoms with Gasteiger partial charge in [0.25, 0.3) is 11.8 Å². The standard InChI is InChI=1S/C31H43N3O12/c1-30(2,3)45-28(39)33(29(40)46-31(4,5)6)12-13-41-14-15-42-16-17-43-18-19-44-22-9-7-8-20-24(22)27(38)34(26(20)37)21-10-11-23(35)32-25(21)36/h7-9,21H,10-19H2,1-6H3,(H,32,35,36). The maximum atomic E-state index is 13.1. The van der Waals surface area contributed by atoms with Crippen LogP contribution in [0.2, 0.25) is 0 Å². The molecule has 15 heteroatoms. The molecule has 1 unspecified atom stereocenters. The molecule has 1 aromatic carbocycles. The van der Waals surface area contributed by atoms with Crippen LogP contribution in [0.4, 0.5) is 9.59 Å². The van der Waals surface area contributed by atoms with E-state index in [-0.39, 0.29) is 82.5 Å². The number of fused-ring (bicyclic) bond motifs is 1. The molecule has 1 atom stereocenters. The van der Waals surface area contributed by atoms with E-state index in [1.165, 1.54) is 6.07 Å². The molecule has 1 saturated heterocycles. The molecule has 46 heavy (non-hydrogen) atoms. The smallest absolute Gasteiger partial charge is 0.419 e. The number of carbonyl (C=O) groups excluding carboxylic acids is 6. The molecular weight excluding hydrogens is 606 g/mol. The van der Waals surface area contributed by atoms with E-state index in [0.29, 0.717) is 0 Å². The van der Waals surface area contributed by atoms with Crippen LogP contribution in [-0.2, 0) is 33.3 Å². The second-order valence-corrected chi connectivity index (χ2v) is 12.4. The molecule has 0 aromatic heterocycles. The van der Waals surface area contributed by atoms with Gasteiger partial charge in [0, 0.05) is 6.42 Å². The lowest BCUT2D eigenvalue weighted by molar-refractivity contribution is -0.136. The number of hydrogen-bond donors (Lipinski definition) is 1. The first-order chi connectivity index (χ1) is 21.6. The van der Waals surface area contributed by atoms with Crippen LogP contribution >= 0.6 is 0 Å². The summed E-state index contributed by atoms with van der Waals surface area (Å²) >= 11 is 0. The van der Waals surface area contributed by atoms with E-state index >= 15 is 0 Å². The third-order valence-electron chi connectivity index (χ3n) is 6.35. The van der Waals surface area contributed by atoms with Crippen LogP contribution in [-0.4, -0.2) is 116 Å². The third kappa shape index (κ3) is 10.5. The average Bonchev–Trinajstić information content (AvgIpc) is 3.19. The molecule has 2 aliphatic rings. The van der Waals surface area contributed by atoms with Crippen LogP contribution in [0.5, 0.6) is 5.75 Å². The number of carbonyl (C=O) groups is 6. The summed E-state index contributed by atoms with van der Waals surface area (Å²) in [5.41, 5.74) is -1.38. The fourth-order valence-electron chi connectivity index (χ4n) is 4.40. The predicted octanol–water partition coefficient (Wildman–Crippen LogP) is 2.69. The van der Waals surface area contributed by atoms with Crippen LogP contribution in [0.1, 0.15) is 75.1 Å². The van der Waals surface area contributed by atoms with Crippen LogP contribution in [0, 0.1) is 0 Å². The van der Waals surface area contributed by atoms with Crippen molar-refractivity contribution in [3.63, 3.8) is 0 Å². The number of rotatable bonds is 14. The lowest BCUT2D eigenvalue weighted by atomic mass is 10.0. The molecule has 3 rings (SSSR count). The molecule has 15 nitrogen and oxygen atoms in total. The van der Waals surface area contributed by atoms with Crippen LogP contribution in [0.25, 0.3) is 0 Å². The molecule has 2 aliphatic heterocycles. The number of piperidine rings is 1. The molecule has 0 aliphatic carbocycles. The largest absolute Gasteiger partial charge is 0.490 e. The molecular formula is C31H43N3O12. The molecule has 6 amide bonds. The zero-order chi connectivity index (χ0) is 34.1. The van der Waals surface area contributed by atoms with Crippen LogP contribution in [0.3, 0.4) is 0 Å². The summed E-state index contributed by atoms with van der Waals surface area (Å²) in [5, 5.41) is 2.17. The first-order valence-electron chi connectivity index (χ1n) is 15.0. The Morgan fingerprint density at radius 2 is 1.35 bits per heavy atom. The summed E-state index contributed by atoms with van der Waals surface area (Å²) < 4.78 is 32.8. The summed E-state index contributed by atoms with van der Waals surface area (Å²) in [4.78, 5) is 76.5. The van der Waals surface area contributed by atoms with Crippen molar-refractivity contribution in [1.82, 2.24) is 15.1 Å². The van der Waals surface area contributed by atoms with E-state index in [4.69, 9.17) is 28.4 Å². The molecule has 1 aromatic rings. The maximum Gasteiger partial charge on any atom is 0.419 e. The minimum atomic E-state index is -1.06. The highest BCUT2D eigenvalue weighted by molar-refractivity contribution is 6.24. The lowest BCUT2D eigenvalue weighted by Gasteiger charge is -2.28. The minimum absolute atomic E-state index is 0.0334. The van der Waals surface area contributed by atoms with E-state index in [2.05, 4.69) is 5.32 Å². The zero-order valence-electron chi connectivity index (χ0n) is 27.2. The van der Waals surface area contributed by atoms with E-state index in [0.717, 1.165) is 9.80 Å². The van der Waals surface area contributed by atoms with E-state index < -0.39 is 53.1 Å². The average molecular weight is 650 g/mol. The van der Waals surface area contributed by atoms with Crippen molar-refractivity contribution in [2.45, 2.75) is 71.6 Å². The summed E-state index contributed by atoms with van der Waals surface area (Å²) in [6, 6.07) is 3.57. The minimum Gasteiger partial charge on any atom is -0.490 e. The molecule has 1 fully saturated rings. The van der Waals surface area contributed by atoms with Gasteiger partial charge in [0.2, 0.25) is 11.8 Å². The van der Waals surface area contributed by atoms with Gasteiger partial charge in [-0.3, -0.25) is 29.4 Å². The normalized spacial score (nSPS) is 16.7. The van der Waals surface area contributed by atoms with Crippen molar-refractivity contribution in [1.29, 1.82) is 0 Å². The highest BCUT2D eigenvalue weighted by Gasteiger charge is 2.46. The Bertz CT molecular complexity index is 1270. The fourth-order valence-corrected chi connectivity index (χ4v) is 4.40. The van der Waals surface area contributed by atoms with Gasteiger partial charge in [0.15, 0.2) is 0 Å². The second-order valence-electron chi connectivity index (χ2n) is 12.4. The molecule has 2 heterocycles. The van der Waals surface area contributed by atoms with Crippen molar-refractivity contribution in [2.24, 2.45) is 0 Å². The van der Waals surface area contributed by atoms with Gasteiger partial charge in [0.1, 0.15) is 29.6 Å². The van der Waals surface area contributed by atoms with Crippen molar-refractivity contribution in [3.05, 3.63) is 29.3 Å². The lowest BCUT2D eigenvalue weighted by Crippen LogP contribution is -2.54. The monoisotopic (exact) mass is 649 g/mol. The van der Waals surface area contributed by atoms with Crippen molar-refractivity contribution in [2.75, 3.05) is 52.8 Å². The number of amides is 6. The van der Waals surface area contributed by atoms with Gasteiger partial charge in [-0.25, -0.2) is 14.5 Å². The zero-order valence-corrected chi connectivity index (χ0v) is 27.2. The van der Waals surface area contributed by atoms with Gasteiger partial charge in [-0.05, 0) is 60.1 Å². The third-order valence-corrected chi connectivity index (χ3v) is 6.35. The Morgan fingerprint density at radius 1 is 0.804 bits per heavy atom. The summed E-state index contributed by atoms with van der Waals surface area (Å²) in [6.07, 6.45) is -1.55. The number of nitrogens with zero attached hydrogens (tertiary/aromatic N) is 2. The summed E-state index contributed by atoms with van der Waals surface area (Å²) in [5.74, 6) is -2.19. The number of ether oxygens (including phenoxy) is 6. The Labute approximate surface area is 267 Å². The number of benzene rings is 1. The van der Waals surface area contributed by atoms with Gasteiger partial charge >= 0.3 is 12.2 Å². The van der Waals surface area contributed by atoms with E-state index in [9.17, 15) is 28.8 Å². The number of imide groups is 3. The first-order valence-corrected chi connectivity index (χ1v) is 15.0. The van der Waals surface area contributed by atoms with Gasteiger partial charge in [0.05, 0.1) is 57.3 Å². The first kappa shape index (κ1) is 36.4. The van der Waals surface area contributed by atoms with Gasteiger partial charge in [-0.2, -0.15) is 0 Å². The van der Waals surface area contributed by atoms with Crippen LogP contribution < -0.4 is 10.1 Å². The number of hydrogen-bond acceptors (Lipinski definition) is 12. The molecule has 0 bridgehead atoms. The molecule has 1 N–H and O–H groups in total. The van der Waals surface area contributed by atoms with Crippen molar-refractivity contribution in [3.8, 4) is 5.75 Å². The molecule has 0 spiro atoms. The van der Waals surface area contributed by atoms with Crippen molar-refractivity contribution < 1.29 is 57.2 Å². The van der Waals surface area contributed by atoms with Gasteiger partial charge in [-0.15, -0.1) is 0 Å². The Morgan fingerprint density at radius 3 is 1.89 bits per heavy atom. The van der Waals surface area contributed by atoms with E-state index in [1.807, 2.05) is 0 Å². The second kappa shape index (κ2) is 16.0. The maximum absolute atomic E-state index is 13.1. The van der Waals surface area contributed by atoms with Crippen LogP contribution in [0.15, 0.2) is 18.2 Å². The highest BCUT2D eigenvalue weighted by atomic mass is 16.6. The summed E-state index contributed by atoms with van der Waals surface area (Å²) in [7, 11) is 0. The summed E-state index contributed by atoms with van der Waals surface area (Å²) in [6.45, 7) is 11.4. The predicted molar refractivity (Wildman–Crippen MR) is 160 cm³/mol. The van der Waals surface area contributed by atoms with Gasteiger partial charge < -0.3 is 28.4 Å².